The lowest BCUT2D eigenvalue weighted by Gasteiger charge is -2.35. The lowest BCUT2D eigenvalue weighted by molar-refractivity contribution is 0.368. The van der Waals surface area contributed by atoms with Crippen molar-refractivity contribution in [3.63, 3.8) is 0 Å². The van der Waals surface area contributed by atoms with Gasteiger partial charge in [-0.25, -0.2) is 0 Å². The van der Waals surface area contributed by atoms with Gasteiger partial charge in [0.15, 0.2) is 0 Å². The predicted molar refractivity (Wildman–Crippen MR) is 64.8 cm³/mol. The van der Waals surface area contributed by atoms with Crippen LogP contribution in [0.1, 0.15) is 41.5 Å². The van der Waals surface area contributed by atoms with Crippen LogP contribution in [0.2, 0.25) is 5.54 Å². The largest absolute Gasteiger partial charge is 0.314 e. The summed E-state index contributed by atoms with van der Waals surface area (Å²) in [6.07, 6.45) is 0. The van der Waals surface area contributed by atoms with Crippen LogP contribution in [-0.2, 0) is 0 Å². The Labute approximate surface area is 89.8 Å². The Morgan fingerprint density at radius 1 is 1.23 bits per heavy atom. The van der Waals surface area contributed by atoms with E-state index in [4.69, 9.17) is 11.1 Å². The van der Waals surface area contributed by atoms with Crippen molar-refractivity contribution in [3.8, 4) is 0 Å². The first-order valence-corrected chi connectivity index (χ1v) is 8.15. The summed E-state index contributed by atoms with van der Waals surface area (Å²) in [6, 6.07) is 0. The van der Waals surface area contributed by atoms with Gasteiger partial charge in [-0.1, -0.05) is 41.5 Å². The molecule has 0 aliphatic carbocycles. The third-order valence-corrected chi connectivity index (χ3v) is 8.15. The maximum Gasteiger partial charge on any atom is 0.217 e. The van der Waals surface area contributed by atoms with Crippen LogP contribution in [0.25, 0.3) is 0 Å². The van der Waals surface area contributed by atoms with Crippen LogP contribution in [0.5, 0.6) is 0 Å². The fraction of sp³-hybridized carbons (Fsp3) is 1.00. The van der Waals surface area contributed by atoms with E-state index in [9.17, 15) is 0 Å². The predicted octanol–water partition coefficient (Wildman–Crippen LogP) is 3.22. The number of rotatable bonds is 4. The quantitative estimate of drug-likeness (QED) is 0.521. The van der Waals surface area contributed by atoms with Gasteiger partial charge in [0.25, 0.3) is 0 Å². The van der Waals surface area contributed by atoms with E-state index >= 15 is 0 Å². The maximum atomic E-state index is 6.55. The number of hydrogen-bond acceptors (Lipinski definition) is 1. The minimum Gasteiger partial charge on any atom is -0.314 e. The van der Waals surface area contributed by atoms with Crippen molar-refractivity contribution in [1.82, 2.24) is 4.57 Å². The molecule has 0 radical (unpaired) electrons. The second kappa shape index (κ2) is 5.37. The van der Waals surface area contributed by atoms with Crippen LogP contribution >= 0.6 is 11.1 Å². The molecule has 0 fully saturated rings. The summed E-state index contributed by atoms with van der Waals surface area (Å²) < 4.78 is 2.44. The van der Waals surface area contributed by atoms with E-state index in [0.717, 1.165) is 13.1 Å². The van der Waals surface area contributed by atoms with E-state index in [1.165, 1.54) is 0 Å². The zero-order valence-corrected chi connectivity index (χ0v) is 11.8. The van der Waals surface area contributed by atoms with Crippen molar-refractivity contribution < 1.29 is 0 Å². The Morgan fingerprint density at radius 3 is 1.85 bits per heavy atom. The van der Waals surface area contributed by atoms with E-state index < -0.39 is 8.27 Å². The SMILES string of the molecule is CCN(CC)[SiH](Cl)C(C)C(C)(C)C. The Morgan fingerprint density at radius 2 is 1.62 bits per heavy atom. The highest BCUT2D eigenvalue weighted by Gasteiger charge is 2.31. The third kappa shape index (κ3) is 4.01. The first kappa shape index (κ1) is 13.5. The van der Waals surface area contributed by atoms with Gasteiger partial charge in [0.2, 0.25) is 8.27 Å². The molecule has 0 aromatic heterocycles. The van der Waals surface area contributed by atoms with Gasteiger partial charge in [-0.2, -0.15) is 0 Å². The molecular formula is C10H24ClNSi. The minimum absolute atomic E-state index is 0.348. The number of nitrogens with zero attached hydrogens (tertiary/aromatic N) is 1. The second-order valence-corrected chi connectivity index (χ2v) is 8.57. The molecule has 0 aromatic rings. The minimum atomic E-state index is -1.23. The normalized spacial score (nSPS) is 17.5. The molecule has 13 heavy (non-hydrogen) atoms. The van der Waals surface area contributed by atoms with Gasteiger partial charge in [0.05, 0.1) is 0 Å². The monoisotopic (exact) mass is 221 g/mol. The number of halogens is 1. The molecular weight excluding hydrogens is 198 g/mol. The summed E-state index contributed by atoms with van der Waals surface area (Å²) in [5.74, 6) is 0. The van der Waals surface area contributed by atoms with Crippen LogP contribution < -0.4 is 0 Å². The first-order valence-electron chi connectivity index (χ1n) is 5.22. The smallest absolute Gasteiger partial charge is 0.217 e. The summed E-state index contributed by atoms with van der Waals surface area (Å²) in [6.45, 7) is 15.7. The van der Waals surface area contributed by atoms with Crippen LogP contribution in [0.15, 0.2) is 0 Å². The van der Waals surface area contributed by atoms with Crippen LogP contribution in [-0.4, -0.2) is 25.9 Å². The van der Waals surface area contributed by atoms with Crippen molar-refractivity contribution in [2.24, 2.45) is 5.41 Å². The molecule has 0 rings (SSSR count). The highest BCUT2D eigenvalue weighted by atomic mass is 35.6. The zero-order chi connectivity index (χ0) is 10.6. The highest BCUT2D eigenvalue weighted by molar-refractivity contribution is 7.06. The molecule has 2 atom stereocenters. The van der Waals surface area contributed by atoms with E-state index in [2.05, 4.69) is 46.1 Å². The van der Waals surface area contributed by atoms with Crippen molar-refractivity contribution in [2.45, 2.75) is 47.1 Å². The van der Waals surface area contributed by atoms with Crippen LogP contribution in [0, 0.1) is 5.41 Å². The van der Waals surface area contributed by atoms with Gasteiger partial charge in [0, 0.05) is 0 Å². The standard InChI is InChI=1S/C10H24ClNSi/c1-7-12(8-2)13(11)9(3)10(4,5)6/h9,13H,7-8H2,1-6H3. The van der Waals surface area contributed by atoms with E-state index in [0.29, 0.717) is 11.0 Å². The van der Waals surface area contributed by atoms with Gasteiger partial charge in [-0.15, -0.1) is 11.1 Å². The second-order valence-electron chi connectivity index (χ2n) is 4.75. The lowest BCUT2D eigenvalue weighted by atomic mass is 9.93. The molecule has 1 nitrogen and oxygen atoms in total. The Bertz CT molecular complexity index is 140. The molecule has 0 saturated carbocycles. The molecule has 80 valence electrons. The molecule has 0 aliphatic heterocycles. The summed E-state index contributed by atoms with van der Waals surface area (Å²) in [4.78, 5) is 0. The molecule has 2 unspecified atom stereocenters. The van der Waals surface area contributed by atoms with E-state index in [-0.39, 0.29) is 0 Å². The molecule has 0 bridgehead atoms. The fourth-order valence-electron chi connectivity index (χ4n) is 1.30. The third-order valence-electron chi connectivity index (χ3n) is 2.94. The molecule has 0 amide bonds. The van der Waals surface area contributed by atoms with E-state index in [1.807, 2.05) is 0 Å². The molecule has 0 N–H and O–H groups in total. The molecule has 0 spiro atoms. The topological polar surface area (TPSA) is 3.24 Å². The van der Waals surface area contributed by atoms with Gasteiger partial charge in [-0.3, -0.25) is 0 Å². The Hall–Kier alpha value is 0.467. The highest BCUT2D eigenvalue weighted by Crippen LogP contribution is 2.35. The first-order chi connectivity index (χ1) is 5.84. The van der Waals surface area contributed by atoms with Gasteiger partial charge in [0.1, 0.15) is 0 Å². The average molecular weight is 222 g/mol. The van der Waals surface area contributed by atoms with Crippen molar-refractivity contribution in [1.29, 1.82) is 0 Å². The molecule has 3 heteroatoms. The summed E-state index contributed by atoms with van der Waals surface area (Å²) >= 11 is 6.55. The summed E-state index contributed by atoms with van der Waals surface area (Å²) in [5, 5.41) is 0. The van der Waals surface area contributed by atoms with E-state index in [1.54, 1.807) is 0 Å². The average Bonchev–Trinajstić information content (AvgIpc) is 2.03. The van der Waals surface area contributed by atoms with Crippen molar-refractivity contribution in [2.75, 3.05) is 13.1 Å². The summed E-state index contributed by atoms with van der Waals surface area (Å²) in [5.41, 5.74) is 0.996. The number of hydrogen-bond donors (Lipinski definition) is 0. The van der Waals surface area contributed by atoms with Crippen molar-refractivity contribution >= 4 is 19.3 Å². The van der Waals surface area contributed by atoms with Crippen molar-refractivity contribution in [3.05, 3.63) is 0 Å². The van der Waals surface area contributed by atoms with Gasteiger partial charge in [-0.05, 0) is 24.0 Å². The van der Waals surface area contributed by atoms with Gasteiger partial charge < -0.3 is 4.57 Å². The van der Waals surface area contributed by atoms with Crippen LogP contribution in [0.3, 0.4) is 0 Å². The maximum absolute atomic E-state index is 6.55. The zero-order valence-electron chi connectivity index (χ0n) is 9.89. The molecule has 0 aliphatic rings. The van der Waals surface area contributed by atoms with Gasteiger partial charge >= 0.3 is 0 Å². The molecule has 0 saturated heterocycles. The molecule has 0 heterocycles. The Balaban J connectivity index is 4.31. The Kier molecular flexibility index (Phi) is 5.57. The fourth-order valence-corrected chi connectivity index (χ4v) is 5.42. The van der Waals surface area contributed by atoms with Crippen LogP contribution in [0.4, 0.5) is 0 Å². The molecule has 0 aromatic carbocycles. The summed E-state index contributed by atoms with van der Waals surface area (Å²) in [7, 11) is -1.23. The lowest BCUT2D eigenvalue weighted by Crippen LogP contribution is -2.41.